The third kappa shape index (κ3) is 1.43. The van der Waals surface area contributed by atoms with Crippen LogP contribution in [0.5, 0.6) is 11.6 Å². The molecule has 0 amide bonds. The highest BCUT2D eigenvalue weighted by Gasteiger charge is 2.14. The molecule has 0 saturated carbocycles. The number of hydrogen-bond donors (Lipinski definition) is 1. The highest BCUT2D eigenvalue weighted by molar-refractivity contribution is 5.96. The number of ether oxygens (including phenoxy) is 1. The van der Waals surface area contributed by atoms with Gasteiger partial charge in [-0.2, -0.15) is 0 Å². The van der Waals surface area contributed by atoms with Crippen LogP contribution in [-0.2, 0) is 0 Å². The Hall–Kier alpha value is -1.97. The molecule has 0 spiro atoms. The van der Waals surface area contributed by atoms with E-state index in [1.54, 1.807) is 19.2 Å². The number of rotatable bonds is 1. The first-order valence-electron chi connectivity index (χ1n) is 4.94. The molecule has 1 heterocycles. The van der Waals surface area contributed by atoms with Crippen molar-refractivity contribution < 1.29 is 14.6 Å². The lowest BCUT2D eigenvalue weighted by Crippen LogP contribution is -2.05. The Bertz CT molecular complexity index is 569. The van der Waals surface area contributed by atoms with Crippen LogP contribution in [0.4, 0.5) is 0 Å². The summed E-state index contributed by atoms with van der Waals surface area (Å²) in [5.41, 5.74) is 1.62. The maximum atomic E-state index is 11.4. The number of aryl methyl sites for hydroxylation is 1. The smallest absolute Gasteiger partial charge is 0.230 e. The van der Waals surface area contributed by atoms with Crippen molar-refractivity contribution in [3.63, 3.8) is 0 Å². The first-order chi connectivity index (χ1) is 7.54. The zero-order valence-electron chi connectivity index (χ0n) is 9.44. The van der Waals surface area contributed by atoms with Crippen molar-refractivity contribution in [2.45, 2.75) is 13.8 Å². The minimum atomic E-state index is -0.208. The highest BCUT2D eigenvalue weighted by atomic mass is 16.5. The molecular formula is C12H13NO3. The summed E-state index contributed by atoms with van der Waals surface area (Å²) in [6, 6.07) is 5.19. The number of hydrogen-bond acceptors (Lipinski definition) is 3. The summed E-state index contributed by atoms with van der Waals surface area (Å²) >= 11 is 0. The Labute approximate surface area is 93.1 Å². The van der Waals surface area contributed by atoms with E-state index < -0.39 is 0 Å². The monoisotopic (exact) mass is 219 g/mol. The maximum absolute atomic E-state index is 11.4. The molecule has 1 aromatic heterocycles. The predicted molar refractivity (Wildman–Crippen MR) is 61.2 cm³/mol. The van der Waals surface area contributed by atoms with Crippen LogP contribution in [0.3, 0.4) is 0 Å². The van der Waals surface area contributed by atoms with Gasteiger partial charge < -0.3 is 9.84 Å². The van der Waals surface area contributed by atoms with Gasteiger partial charge in [-0.1, -0.05) is 0 Å². The second kappa shape index (κ2) is 3.56. The number of fused-ring (bicyclic) bond motifs is 1. The third-order valence-electron chi connectivity index (χ3n) is 2.59. The van der Waals surface area contributed by atoms with E-state index in [1.807, 2.05) is 13.0 Å². The first kappa shape index (κ1) is 10.5. The second-order valence-electron chi connectivity index (χ2n) is 3.74. The lowest BCUT2D eigenvalue weighted by atomic mass is 10.1. The van der Waals surface area contributed by atoms with Crippen LogP contribution in [0.2, 0.25) is 0 Å². The number of aromatic nitrogens is 1. The molecule has 16 heavy (non-hydrogen) atoms. The average molecular weight is 219 g/mol. The maximum Gasteiger partial charge on any atom is 0.230 e. The number of methoxy groups -OCH3 is 1. The van der Waals surface area contributed by atoms with E-state index in [0.29, 0.717) is 5.75 Å². The van der Waals surface area contributed by atoms with E-state index >= 15 is 0 Å². The molecule has 4 heteroatoms. The van der Waals surface area contributed by atoms with Gasteiger partial charge in [-0.25, -0.2) is 0 Å². The lowest BCUT2D eigenvalue weighted by molar-refractivity contribution is 0.0933. The second-order valence-corrected chi connectivity index (χ2v) is 3.74. The van der Waals surface area contributed by atoms with Gasteiger partial charge in [0.1, 0.15) is 5.75 Å². The Balaban J connectivity index is 2.85. The molecule has 0 unspecified atom stereocenters. The molecule has 0 aliphatic carbocycles. The van der Waals surface area contributed by atoms with Gasteiger partial charge in [-0.05, 0) is 24.6 Å². The molecule has 0 aliphatic rings. The van der Waals surface area contributed by atoms with Gasteiger partial charge in [0.05, 0.1) is 12.6 Å². The van der Waals surface area contributed by atoms with E-state index in [2.05, 4.69) is 0 Å². The molecular weight excluding hydrogens is 206 g/mol. The fourth-order valence-corrected chi connectivity index (χ4v) is 1.94. The average Bonchev–Trinajstić information content (AvgIpc) is 2.54. The summed E-state index contributed by atoms with van der Waals surface area (Å²) in [7, 11) is 1.59. The van der Waals surface area contributed by atoms with Crippen molar-refractivity contribution in [2.75, 3.05) is 7.11 Å². The quantitative estimate of drug-likeness (QED) is 0.800. The molecule has 0 saturated heterocycles. The van der Waals surface area contributed by atoms with E-state index in [-0.39, 0.29) is 11.8 Å². The van der Waals surface area contributed by atoms with Crippen molar-refractivity contribution in [3.8, 4) is 11.6 Å². The van der Waals surface area contributed by atoms with E-state index in [1.165, 1.54) is 11.5 Å². The van der Waals surface area contributed by atoms with Crippen molar-refractivity contribution in [1.29, 1.82) is 0 Å². The normalized spacial score (nSPS) is 10.7. The van der Waals surface area contributed by atoms with E-state index in [0.717, 1.165) is 16.5 Å². The van der Waals surface area contributed by atoms with Crippen molar-refractivity contribution in [2.24, 2.45) is 0 Å². The summed E-state index contributed by atoms with van der Waals surface area (Å²) in [4.78, 5) is 11.4. The molecule has 0 fully saturated rings. The summed E-state index contributed by atoms with van der Waals surface area (Å²) in [5, 5.41) is 10.5. The number of benzene rings is 1. The SMILES string of the molecule is COc1cc(C)c2c(c1)cc(O)n2C(C)=O. The zero-order valence-corrected chi connectivity index (χ0v) is 9.44. The molecule has 1 N–H and O–H groups in total. The van der Waals surface area contributed by atoms with Crippen LogP contribution in [0.15, 0.2) is 18.2 Å². The lowest BCUT2D eigenvalue weighted by Gasteiger charge is -2.06. The zero-order chi connectivity index (χ0) is 11.9. The Morgan fingerprint density at radius 2 is 2.06 bits per heavy atom. The van der Waals surface area contributed by atoms with Gasteiger partial charge in [0.25, 0.3) is 0 Å². The van der Waals surface area contributed by atoms with Crippen LogP contribution in [0, 0.1) is 6.92 Å². The van der Waals surface area contributed by atoms with Crippen molar-refractivity contribution >= 4 is 16.8 Å². The van der Waals surface area contributed by atoms with E-state index in [9.17, 15) is 9.90 Å². The third-order valence-corrected chi connectivity index (χ3v) is 2.59. The molecule has 0 bridgehead atoms. The molecule has 84 valence electrons. The van der Waals surface area contributed by atoms with Gasteiger partial charge >= 0.3 is 0 Å². The number of aromatic hydroxyl groups is 1. The fraction of sp³-hybridized carbons (Fsp3) is 0.250. The van der Waals surface area contributed by atoms with Gasteiger partial charge in [-0.3, -0.25) is 9.36 Å². The predicted octanol–water partition coefficient (Wildman–Crippen LogP) is 2.32. The molecule has 0 aliphatic heterocycles. The van der Waals surface area contributed by atoms with Gasteiger partial charge in [0.2, 0.25) is 5.91 Å². The van der Waals surface area contributed by atoms with Crippen LogP contribution < -0.4 is 4.74 Å². The molecule has 2 rings (SSSR count). The number of nitrogens with zero attached hydrogens (tertiary/aromatic N) is 1. The first-order valence-corrected chi connectivity index (χ1v) is 4.94. The van der Waals surface area contributed by atoms with Crippen LogP contribution in [0.25, 0.3) is 10.9 Å². The topological polar surface area (TPSA) is 51.5 Å². The van der Waals surface area contributed by atoms with Crippen molar-refractivity contribution in [3.05, 3.63) is 23.8 Å². The molecule has 4 nitrogen and oxygen atoms in total. The van der Waals surface area contributed by atoms with Gasteiger partial charge in [0.15, 0.2) is 5.88 Å². The standard InChI is InChI=1S/C12H13NO3/c1-7-4-10(16-3)5-9-6-11(15)13(8(2)14)12(7)9/h4-6,15H,1-3H3. The number of carbonyl (C=O) groups excluding carboxylic acids is 1. The van der Waals surface area contributed by atoms with Crippen LogP contribution in [0.1, 0.15) is 17.3 Å². The van der Waals surface area contributed by atoms with Gasteiger partial charge in [0, 0.05) is 18.4 Å². The summed E-state index contributed by atoms with van der Waals surface area (Å²) in [5.74, 6) is 0.463. The van der Waals surface area contributed by atoms with Crippen LogP contribution >= 0.6 is 0 Å². The van der Waals surface area contributed by atoms with E-state index in [4.69, 9.17) is 4.74 Å². The molecule has 0 atom stereocenters. The van der Waals surface area contributed by atoms with Crippen LogP contribution in [-0.4, -0.2) is 22.7 Å². The largest absolute Gasteiger partial charge is 0.497 e. The summed E-state index contributed by atoms with van der Waals surface area (Å²) in [6.45, 7) is 3.30. The Morgan fingerprint density at radius 1 is 1.38 bits per heavy atom. The molecule has 2 aromatic rings. The highest BCUT2D eigenvalue weighted by Crippen LogP contribution is 2.30. The summed E-state index contributed by atoms with van der Waals surface area (Å²) in [6.07, 6.45) is 0. The summed E-state index contributed by atoms with van der Waals surface area (Å²) < 4.78 is 6.43. The van der Waals surface area contributed by atoms with Crippen molar-refractivity contribution in [1.82, 2.24) is 4.57 Å². The molecule has 1 aromatic carbocycles. The Morgan fingerprint density at radius 3 is 2.62 bits per heavy atom. The minimum absolute atomic E-state index is 0.0427. The van der Waals surface area contributed by atoms with Gasteiger partial charge in [-0.15, -0.1) is 0 Å². The Kier molecular flexibility index (Phi) is 2.34. The number of carbonyl (C=O) groups is 1. The fourth-order valence-electron chi connectivity index (χ4n) is 1.94. The minimum Gasteiger partial charge on any atom is -0.497 e. The molecule has 0 radical (unpaired) electrons.